The van der Waals surface area contributed by atoms with Crippen LogP contribution in [0.3, 0.4) is 0 Å². The number of rotatable bonds is 5. The van der Waals surface area contributed by atoms with Crippen LogP contribution in [0.1, 0.15) is 45.1 Å². The van der Waals surface area contributed by atoms with Gasteiger partial charge < -0.3 is 0 Å². The predicted molar refractivity (Wildman–Crippen MR) is 72.5 cm³/mol. The van der Waals surface area contributed by atoms with Gasteiger partial charge >= 0.3 is 0 Å². The Balaban J connectivity index is 2.10. The summed E-state index contributed by atoms with van der Waals surface area (Å²) in [4.78, 5) is 0. The van der Waals surface area contributed by atoms with E-state index in [4.69, 9.17) is 5.84 Å². The molecule has 1 atom stereocenters. The fourth-order valence-corrected chi connectivity index (χ4v) is 2.70. The predicted octanol–water partition coefficient (Wildman–Crippen LogP) is 2.99. The Morgan fingerprint density at radius 2 is 1.94 bits per heavy atom. The van der Waals surface area contributed by atoms with Crippen LogP contribution in [0.2, 0.25) is 0 Å². The molecule has 94 valence electrons. The first-order valence-corrected chi connectivity index (χ1v) is 6.66. The molecule has 2 rings (SSSR count). The van der Waals surface area contributed by atoms with E-state index >= 15 is 0 Å². The van der Waals surface area contributed by atoms with Crippen LogP contribution in [0.15, 0.2) is 30.3 Å². The lowest BCUT2D eigenvalue weighted by Crippen LogP contribution is -2.49. The van der Waals surface area contributed by atoms with Crippen LogP contribution >= 0.6 is 0 Å². The Labute approximate surface area is 105 Å². The van der Waals surface area contributed by atoms with E-state index in [-0.39, 0.29) is 5.41 Å². The Morgan fingerprint density at radius 3 is 2.41 bits per heavy atom. The summed E-state index contributed by atoms with van der Waals surface area (Å²) in [5, 5.41) is 0. The molecule has 0 aliphatic heterocycles. The SMILES string of the molecule is CC(C)(c1ccccc1)C(CC1CCC1)NN. The summed E-state index contributed by atoms with van der Waals surface area (Å²) in [6, 6.07) is 11.0. The van der Waals surface area contributed by atoms with Gasteiger partial charge in [0, 0.05) is 11.5 Å². The summed E-state index contributed by atoms with van der Waals surface area (Å²) in [5.41, 5.74) is 4.49. The van der Waals surface area contributed by atoms with Gasteiger partial charge in [0.1, 0.15) is 0 Å². The van der Waals surface area contributed by atoms with Crippen LogP contribution in [0.5, 0.6) is 0 Å². The molecule has 0 saturated heterocycles. The van der Waals surface area contributed by atoms with Crippen molar-refractivity contribution >= 4 is 0 Å². The van der Waals surface area contributed by atoms with E-state index in [0.717, 1.165) is 5.92 Å². The zero-order valence-corrected chi connectivity index (χ0v) is 10.9. The van der Waals surface area contributed by atoms with Crippen LogP contribution in [-0.2, 0) is 5.41 Å². The third-order valence-electron chi connectivity index (χ3n) is 4.38. The Bertz CT molecular complexity index is 341. The quantitative estimate of drug-likeness (QED) is 0.605. The maximum atomic E-state index is 5.77. The van der Waals surface area contributed by atoms with Crippen molar-refractivity contribution in [2.75, 3.05) is 0 Å². The first-order valence-electron chi connectivity index (χ1n) is 6.66. The molecule has 1 aromatic carbocycles. The number of hydrogen-bond donors (Lipinski definition) is 2. The van der Waals surface area contributed by atoms with Gasteiger partial charge in [-0.05, 0) is 17.9 Å². The van der Waals surface area contributed by atoms with Gasteiger partial charge in [0.25, 0.3) is 0 Å². The molecule has 17 heavy (non-hydrogen) atoms. The Hall–Kier alpha value is -0.860. The molecule has 1 aromatic rings. The number of hydrazine groups is 1. The van der Waals surface area contributed by atoms with Crippen molar-refractivity contribution in [2.45, 2.75) is 51.0 Å². The molecule has 1 unspecified atom stereocenters. The number of nitrogens with two attached hydrogens (primary N) is 1. The van der Waals surface area contributed by atoms with Crippen molar-refractivity contribution in [2.24, 2.45) is 11.8 Å². The van der Waals surface area contributed by atoms with E-state index in [1.165, 1.54) is 31.2 Å². The van der Waals surface area contributed by atoms with E-state index in [0.29, 0.717) is 6.04 Å². The number of nitrogens with one attached hydrogen (secondary N) is 1. The van der Waals surface area contributed by atoms with Crippen LogP contribution in [-0.4, -0.2) is 6.04 Å². The average molecular weight is 232 g/mol. The minimum Gasteiger partial charge on any atom is -0.271 e. The largest absolute Gasteiger partial charge is 0.271 e. The van der Waals surface area contributed by atoms with Crippen molar-refractivity contribution in [1.82, 2.24) is 5.43 Å². The minimum atomic E-state index is 0.0889. The summed E-state index contributed by atoms with van der Waals surface area (Å²) >= 11 is 0. The maximum Gasteiger partial charge on any atom is 0.0304 e. The summed E-state index contributed by atoms with van der Waals surface area (Å²) in [7, 11) is 0. The second-order valence-corrected chi connectivity index (χ2v) is 5.84. The van der Waals surface area contributed by atoms with Gasteiger partial charge in [0.05, 0.1) is 0 Å². The van der Waals surface area contributed by atoms with Crippen LogP contribution in [0, 0.1) is 5.92 Å². The smallest absolute Gasteiger partial charge is 0.0304 e. The van der Waals surface area contributed by atoms with Gasteiger partial charge in [-0.2, -0.15) is 0 Å². The highest BCUT2D eigenvalue weighted by molar-refractivity contribution is 5.25. The molecule has 2 heteroatoms. The third kappa shape index (κ3) is 2.70. The van der Waals surface area contributed by atoms with Gasteiger partial charge in [-0.15, -0.1) is 0 Å². The second-order valence-electron chi connectivity index (χ2n) is 5.84. The summed E-state index contributed by atoms with van der Waals surface area (Å²) in [6.07, 6.45) is 5.35. The van der Waals surface area contributed by atoms with Crippen molar-refractivity contribution in [1.29, 1.82) is 0 Å². The van der Waals surface area contributed by atoms with Crippen LogP contribution in [0.25, 0.3) is 0 Å². The molecule has 1 aliphatic rings. The molecule has 0 amide bonds. The molecule has 1 aliphatic carbocycles. The molecular weight excluding hydrogens is 208 g/mol. The number of hydrogen-bond acceptors (Lipinski definition) is 2. The highest BCUT2D eigenvalue weighted by atomic mass is 15.2. The minimum absolute atomic E-state index is 0.0889. The van der Waals surface area contributed by atoms with Crippen molar-refractivity contribution in [3.63, 3.8) is 0 Å². The standard InChI is InChI=1S/C15H24N2/c1-15(2,13-9-4-3-5-10-13)14(17-16)11-12-7-6-8-12/h3-5,9-10,12,14,17H,6-8,11,16H2,1-2H3. The van der Waals surface area contributed by atoms with Crippen molar-refractivity contribution < 1.29 is 0 Å². The zero-order chi connectivity index (χ0) is 12.3. The molecule has 0 radical (unpaired) electrons. The van der Waals surface area contributed by atoms with Crippen molar-refractivity contribution in [3.8, 4) is 0 Å². The molecule has 0 spiro atoms. The highest BCUT2D eigenvalue weighted by Gasteiger charge is 2.33. The first kappa shape index (κ1) is 12.6. The molecular formula is C15H24N2. The lowest BCUT2D eigenvalue weighted by Gasteiger charge is -2.39. The van der Waals surface area contributed by atoms with Crippen LogP contribution in [0.4, 0.5) is 0 Å². The zero-order valence-electron chi connectivity index (χ0n) is 10.9. The topological polar surface area (TPSA) is 38.0 Å². The van der Waals surface area contributed by atoms with Gasteiger partial charge in [0.2, 0.25) is 0 Å². The molecule has 0 heterocycles. The van der Waals surface area contributed by atoms with E-state index in [2.05, 4.69) is 49.6 Å². The summed E-state index contributed by atoms with van der Waals surface area (Å²) in [6.45, 7) is 4.57. The maximum absolute atomic E-state index is 5.77. The molecule has 1 saturated carbocycles. The molecule has 0 bridgehead atoms. The van der Waals surface area contributed by atoms with Gasteiger partial charge in [-0.3, -0.25) is 11.3 Å². The molecule has 2 nitrogen and oxygen atoms in total. The molecule has 3 N–H and O–H groups in total. The van der Waals surface area contributed by atoms with Gasteiger partial charge in [-0.25, -0.2) is 0 Å². The van der Waals surface area contributed by atoms with Crippen molar-refractivity contribution in [3.05, 3.63) is 35.9 Å². The highest BCUT2D eigenvalue weighted by Crippen LogP contribution is 2.36. The third-order valence-corrected chi connectivity index (χ3v) is 4.38. The Kier molecular flexibility index (Phi) is 3.85. The average Bonchev–Trinajstić information content (AvgIpc) is 2.28. The van der Waals surface area contributed by atoms with E-state index in [9.17, 15) is 0 Å². The lowest BCUT2D eigenvalue weighted by atomic mass is 9.71. The monoisotopic (exact) mass is 232 g/mol. The number of benzene rings is 1. The normalized spacial score (nSPS) is 18.8. The summed E-state index contributed by atoms with van der Waals surface area (Å²) < 4.78 is 0. The van der Waals surface area contributed by atoms with Crippen LogP contribution < -0.4 is 11.3 Å². The first-order chi connectivity index (χ1) is 8.14. The molecule has 1 fully saturated rings. The van der Waals surface area contributed by atoms with Gasteiger partial charge in [0.15, 0.2) is 0 Å². The lowest BCUT2D eigenvalue weighted by molar-refractivity contribution is 0.216. The summed E-state index contributed by atoms with van der Waals surface area (Å²) in [5.74, 6) is 6.65. The van der Waals surface area contributed by atoms with E-state index in [1.807, 2.05) is 0 Å². The van der Waals surface area contributed by atoms with Gasteiger partial charge in [-0.1, -0.05) is 63.4 Å². The fourth-order valence-electron chi connectivity index (χ4n) is 2.70. The molecule has 0 aromatic heterocycles. The second kappa shape index (κ2) is 5.19. The van der Waals surface area contributed by atoms with E-state index < -0.39 is 0 Å². The van der Waals surface area contributed by atoms with E-state index in [1.54, 1.807) is 0 Å². The fraction of sp³-hybridized carbons (Fsp3) is 0.600. The Morgan fingerprint density at radius 1 is 1.29 bits per heavy atom.